The number of rotatable bonds is 6. The highest BCUT2D eigenvalue weighted by Crippen LogP contribution is 2.32. The lowest BCUT2D eigenvalue weighted by atomic mass is 9.99. The van der Waals surface area contributed by atoms with Gasteiger partial charge in [0, 0.05) is 5.69 Å². The van der Waals surface area contributed by atoms with Gasteiger partial charge in [-0.1, -0.05) is 56.3 Å². The second-order valence-corrected chi connectivity index (χ2v) is 8.77. The number of nitrogens with zero attached hydrogens (tertiary/aromatic N) is 1. The van der Waals surface area contributed by atoms with Crippen LogP contribution in [-0.4, -0.2) is 16.7 Å². The van der Waals surface area contributed by atoms with Crippen molar-refractivity contribution in [1.29, 1.82) is 0 Å². The van der Waals surface area contributed by atoms with Gasteiger partial charge in [-0.25, -0.2) is 4.39 Å². The Balaban J connectivity index is 1.73. The van der Waals surface area contributed by atoms with Gasteiger partial charge in [-0.05, 0) is 71.8 Å². The Kier molecular flexibility index (Phi) is 6.14. The van der Waals surface area contributed by atoms with Crippen molar-refractivity contribution in [2.24, 2.45) is 0 Å². The van der Waals surface area contributed by atoms with Gasteiger partial charge in [0.05, 0.1) is 12.1 Å². The first-order valence-corrected chi connectivity index (χ1v) is 11.0. The summed E-state index contributed by atoms with van der Waals surface area (Å²) in [5.74, 6) is -0.733. The molecule has 0 unspecified atom stereocenters. The summed E-state index contributed by atoms with van der Waals surface area (Å²) in [5.41, 5.74) is 6.05. The maximum absolute atomic E-state index is 13.5. The quantitative estimate of drug-likeness (QED) is 0.479. The molecule has 2 amide bonds. The monoisotopic (exact) mass is 442 g/mol. The van der Waals surface area contributed by atoms with Crippen molar-refractivity contribution < 1.29 is 14.0 Å². The van der Waals surface area contributed by atoms with Gasteiger partial charge in [-0.15, -0.1) is 0 Å². The van der Waals surface area contributed by atoms with E-state index in [0.29, 0.717) is 22.6 Å². The lowest BCUT2D eigenvalue weighted by Gasteiger charge is -2.15. The molecule has 0 aromatic heterocycles. The van der Waals surface area contributed by atoms with Crippen LogP contribution < -0.4 is 5.32 Å². The molecule has 0 fully saturated rings. The Morgan fingerprint density at radius 1 is 0.848 bits per heavy atom. The average Bonchev–Trinajstić information content (AvgIpc) is 3.02. The lowest BCUT2D eigenvalue weighted by Crippen LogP contribution is -2.32. The number of anilines is 1. The molecule has 3 aromatic carbocycles. The van der Waals surface area contributed by atoms with E-state index in [1.54, 1.807) is 12.1 Å². The molecule has 4 nitrogen and oxygen atoms in total. The lowest BCUT2D eigenvalue weighted by molar-refractivity contribution is -0.137. The van der Waals surface area contributed by atoms with Gasteiger partial charge in [0.25, 0.3) is 11.8 Å². The molecule has 1 aliphatic heterocycles. The summed E-state index contributed by atoms with van der Waals surface area (Å²) in [6.07, 6.45) is 0. The number of hydrogen-bond donors (Lipinski definition) is 1. The predicted octanol–water partition coefficient (Wildman–Crippen LogP) is 5.96. The summed E-state index contributed by atoms with van der Waals surface area (Å²) >= 11 is 0. The molecule has 0 aliphatic carbocycles. The smallest absolute Gasteiger partial charge is 0.278 e. The third-order valence-corrected chi connectivity index (χ3v) is 6.06. The van der Waals surface area contributed by atoms with E-state index in [1.165, 1.54) is 22.6 Å². The summed E-state index contributed by atoms with van der Waals surface area (Å²) in [6, 6.07) is 19.4. The number of hydrogen-bond acceptors (Lipinski definition) is 3. The van der Waals surface area contributed by atoms with Crippen molar-refractivity contribution in [2.45, 2.75) is 40.2 Å². The van der Waals surface area contributed by atoms with Crippen LogP contribution in [0.3, 0.4) is 0 Å². The maximum Gasteiger partial charge on any atom is 0.278 e. The van der Waals surface area contributed by atoms with Crippen LogP contribution >= 0.6 is 0 Å². The molecule has 0 spiro atoms. The van der Waals surface area contributed by atoms with Gasteiger partial charge in [0.1, 0.15) is 11.5 Å². The maximum atomic E-state index is 13.5. The molecule has 0 radical (unpaired) electrons. The van der Waals surface area contributed by atoms with Crippen LogP contribution in [0.25, 0.3) is 5.57 Å². The van der Waals surface area contributed by atoms with Crippen LogP contribution in [-0.2, 0) is 16.1 Å². The molecular formula is C28H27FN2O2. The molecule has 0 bridgehead atoms. The average molecular weight is 443 g/mol. The second-order valence-electron chi connectivity index (χ2n) is 8.77. The molecule has 168 valence electrons. The normalized spacial score (nSPS) is 13.9. The van der Waals surface area contributed by atoms with Gasteiger partial charge in [-0.3, -0.25) is 14.5 Å². The highest BCUT2D eigenvalue weighted by atomic mass is 19.1. The van der Waals surface area contributed by atoms with Crippen molar-refractivity contribution in [3.63, 3.8) is 0 Å². The van der Waals surface area contributed by atoms with E-state index in [1.807, 2.05) is 56.3 Å². The van der Waals surface area contributed by atoms with E-state index in [-0.39, 0.29) is 24.0 Å². The number of carbonyl (C=O) groups excluding carboxylic acids is 2. The molecule has 4 rings (SSSR count). The Morgan fingerprint density at radius 2 is 1.52 bits per heavy atom. The zero-order valence-electron chi connectivity index (χ0n) is 19.3. The van der Waals surface area contributed by atoms with Crippen LogP contribution in [0.2, 0.25) is 0 Å². The van der Waals surface area contributed by atoms with Gasteiger partial charge in [0.2, 0.25) is 0 Å². The number of benzene rings is 3. The second kappa shape index (κ2) is 9.02. The summed E-state index contributed by atoms with van der Waals surface area (Å²) < 4.78 is 13.3. The molecule has 0 atom stereocenters. The summed E-state index contributed by atoms with van der Waals surface area (Å²) in [7, 11) is 0. The molecule has 1 heterocycles. The number of imide groups is 1. The standard InChI is InChI=1S/C28H27FN2O2/c1-17(2)21-9-13-24(14-10-21)30-26-25(22-8-5-18(3)19(4)15-22)27(32)31(28(26)33)16-20-6-11-23(29)12-7-20/h5-15,17,30H,16H2,1-4H3. The molecule has 1 aliphatic rings. The first kappa shape index (κ1) is 22.5. The zero-order valence-corrected chi connectivity index (χ0v) is 19.3. The van der Waals surface area contributed by atoms with Crippen molar-refractivity contribution in [3.05, 3.63) is 106 Å². The van der Waals surface area contributed by atoms with Crippen molar-refractivity contribution in [2.75, 3.05) is 5.32 Å². The molecule has 0 saturated heterocycles. The predicted molar refractivity (Wildman–Crippen MR) is 129 cm³/mol. The number of halogens is 1. The molecule has 1 N–H and O–H groups in total. The van der Waals surface area contributed by atoms with E-state index in [0.717, 1.165) is 16.8 Å². The van der Waals surface area contributed by atoms with Crippen molar-refractivity contribution in [3.8, 4) is 0 Å². The summed E-state index contributed by atoms with van der Waals surface area (Å²) in [6.45, 7) is 8.30. The number of carbonyl (C=O) groups is 2. The van der Waals surface area contributed by atoms with Crippen LogP contribution in [0.15, 0.2) is 72.4 Å². The first-order valence-electron chi connectivity index (χ1n) is 11.0. The molecule has 5 heteroatoms. The SMILES string of the molecule is Cc1ccc(C2=C(Nc3ccc(C(C)C)cc3)C(=O)N(Cc3ccc(F)cc3)C2=O)cc1C. The number of nitrogens with one attached hydrogen (secondary N) is 1. The number of amides is 2. The summed E-state index contributed by atoms with van der Waals surface area (Å²) in [4.78, 5) is 28.1. The third kappa shape index (κ3) is 4.58. The van der Waals surface area contributed by atoms with Gasteiger partial charge >= 0.3 is 0 Å². The fourth-order valence-corrected chi connectivity index (χ4v) is 3.87. The van der Waals surface area contributed by atoms with Crippen LogP contribution in [0, 0.1) is 19.7 Å². The van der Waals surface area contributed by atoms with E-state index < -0.39 is 5.91 Å². The first-order chi connectivity index (χ1) is 15.7. The Bertz CT molecular complexity index is 1240. The number of aryl methyl sites for hydroxylation is 2. The Morgan fingerprint density at radius 3 is 2.12 bits per heavy atom. The fourth-order valence-electron chi connectivity index (χ4n) is 3.87. The van der Waals surface area contributed by atoms with Gasteiger partial charge < -0.3 is 5.32 Å². The topological polar surface area (TPSA) is 49.4 Å². The minimum atomic E-state index is -0.398. The highest BCUT2D eigenvalue weighted by molar-refractivity contribution is 6.36. The van der Waals surface area contributed by atoms with E-state index in [4.69, 9.17) is 0 Å². The minimum Gasteiger partial charge on any atom is -0.350 e. The van der Waals surface area contributed by atoms with E-state index in [9.17, 15) is 14.0 Å². The fraction of sp³-hybridized carbons (Fsp3) is 0.214. The summed E-state index contributed by atoms with van der Waals surface area (Å²) in [5, 5.41) is 3.20. The van der Waals surface area contributed by atoms with Crippen molar-refractivity contribution in [1.82, 2.24) is 4.90 Å². The molecule has 3 aromatic rings. The van der Waals surface area contributed by atoms with E-state index >= 15 is 0 Å². The van der Waals surface area contributed by atoms with Crippen LogP contribution in [0.5, 0.6) is 0 Å². The largest absolute Gasteiger partial charge is 0.350 e. The Labute approximate surface area is 193 Å². The Hall–Kier alpha value is -3.73. The third-order valence-electron chi connectivity index (χ3n) is 6.06. The molecule has 0 saturated carbocycles. The van der Waals surface area contributed by atoms with Crippen LogP contribution in [0.1, 0.15) is 47.6 Å². The minimum absolute atomic E-state index is 0.0732. The van der Waals surface area contributed by atoms with Crippen molar-refractivity contribution >= 4 is 23.1 Å². The van der Waals surface area contributed by atoms with E-state index in [2.05, 4.69) is 19.2 Å². The highest BCUT2D eigenvalue weighted by Gasteiger charge is 2.39. The van der Waals surface area contributed by atoms with Crippen LogP contribution in [0.4, 0.5) is 10.1 Å². The molecular weight excluding hydrogens is 415 g/mol. The van der Waals surface area contributed by atoms with Gasteiger partial charge in [0.15, 0.2) is 0 Å². The zero-order chi connectivity index (χ0) is 23.7. The molecule has 33 heavy (non-hydrogen) atoms. The van der Waals surface area contributed by atoms with Gasteiger partial charge in [-0.2, -0.15) is 0 Å².